The Hall–Kier alpha value is -3.37. The highest BCUT2D eigenvalue weighted by Crippen LogP contribution is 2.33. The van der Waals surface area contributed by atoms with Gasteiger partial charge < -0.3 is 5.32 Å². The number of nitrogens with one attached hydrogen (secondary N) is 1. The molecule has 11 heteroatoms. The molecule has 7 nitrogen and oxygen atoms in total. The van der Waals surface area contributed by atoms with Gasteiger partial charge in [-0.2, -0.15) is 5.10 Å². The first-order valence-electron chi connectivity index (χ1n) is 10.7. The summed E-state index contributed by atoms with van der Waals surface area (Å²) in [4.78, 5) is 18.0. The van der Waals surface area contributed by atoms with E-state index in [9.17, 15) is 22.0 Å². The summed E-state index contributed by atoms with van der Waals surface area (Å²) in [5.74, 6) is -1.77. The summed E-state index contributed by atoms with van der Waals surface area (Å²) in [6, 6.07) is 10.8. The van der Waals surface area contributed by atoms with Crippen LogP contribution in [-0.2, 0) is 9.84 Å². The zero-order chi connectivity index (χ0) is 24.9. The molecular weight excluding hydrogens is 498 g/mol. The predicted octanol–water partition coefficient (Wildman–Crippen LogP) is 4.95. The van der Waals surface area contributed by atoms with E-state index < -0.39 is 33.4 Å². The smallest absolute Gasteiger partial charge is 0.256 e. The maximum absolute atomic E-state index is 14.7. The summed E-state index contributed by atoms with van der Waals surface area (Å²) in [7, 11) is -3.22. The van der Waals surface area contributed by atoms with Gasteiger partial charge in [0.05, 0.1) is 44.9 Å². The third-order valence-corrected chi connectivity index (χ3v) is 8.00. The van der Waals surface area contributed by atoms with Gasteiger partial charge in [-0.3, -0.25) is 4.79 Å². The van der Waals surface area contributed by atoms with E-state index in [4.69, 9.17) is 11.6 Å². The molecule has 1 aliphatic rings. The Morgan fingerprint density at radius 1 is 1.14 bits per heavy atom. The highest BCUT2D eigenvalue weighted by molar-refractivity contribution is 7.91. The standard InChI is InChI=1S/C24H19ClF2N4O3S/c1-13-22-17(24(32)28-14-6-7-20(27)18(25)10-14)11-21(16-4-2-3-5-19(16)26)29-23(22)31(30-13)15-8-9-35(33,34)12-15/h2-7,10-11,15H,8-9,12H2,1H3,(H,28,32). The van der Waals surface area contributed by atoms with Crippen LogP contribution in [0, 0.1) is 18.6 Å². The van der Waals surface area contributed by atoms with E-state index >= 15 is 0 Å². The molecule has 0 aliphatic carbocycles. The minimum absolute atomic E-state index is 0.0315. The Balaban J connectivity index is 1.69. The van der Waals surface area contributed by atoms with Crippen LogP contribution in [0.15, 0.2) is 48.5 Å². The second-order valence-electron chi connectivity index (χ2n) is 8.40. The fourth-order valence-corrected chi connectivity index (χ4v) is 6.17. The Bertz CT molecular complexity index is 1600. The number of amides is 1. The molecule has 0 bridgehead atoms. The maximum Gasteiger partial charge on any atom is 0.256 e. The van der Waals surface area contributed by atoms with Crippen LogP contribution < -0.4 is 5.32 Å². The number of hydrogen-bond donors (Lipinski definition) is 1. The van der Waals surface area contributed by atoms with Gasteiger partial charge in [-0.25, -0.2) is 26.9 Å². The normalized spacial score (nSPS) is 17.1. The summed E-state index contributed by atoms with van der Waals surface area (Å²) in [5.41, 5.74) is 1.56. The molecule has 3 heterocycles. The number of carbonyl (C=O) groups is 1. The average Bonchev–Trinajstić information content (AvgIpc) is 3.34. The van der Waals surface area contributed by atoms with Crippen LogP contribution in [0.5, 0.6) is 0 Å². The molecule has 2 aromatic heterocycles. The van der Waals surface area contributed by atoms with Crippen molar-refractivity contribution in [1.29, 1.82) is 0 Å². The molecule has 0 radical (unpaired) electrons. The minimum atomic E-state index is -3.22. The van der Waals surface area contributed by atoms with Crippen molar-refractivity contribution >= 4 is 44.1 Å². The second-order valence-corrected chi connectivity index (χ2v) is 11.0. The lowest BCUT2D eigenvalue weighted by Crippen LogP contribution is -2.15. The van der Waals surface area contributed by atoms with Crippen molar-refractivity contribution < 1.29 is 22.0 Å². The SMILES string of the molecule is Cc1nn(C2CCS(=O)(=O)C2)c2nc(-c3ccccc3F)cc(C(=O)Nc3ccc(F)c(Cl)c3)c12. The number of halogens is 3. The first kappa shape index (κ1) is 23.4. The zero-order valence-electron chi connectivity index (χ0n) is 18.4. The van der Waals surface area contributed by atoms with Crippen molar-refractivity contribution in [2.24, 2.45) is 0 Å². The molecular formula is C24H19ClF2N4O3S. The topological polar surface area (TPSA) is 93.9 Å². The van der Waals surface area contributed by atoms with E-state index in [1.165, 1.54) is 28.9 Å². The van der Waals surface area contributed by atoms with Crippen molar-refractivity contribution in [3.05, 3.63) is 76.4 Å². The third kappa shape index (κ3) is 4.39. The fourth-order valence-electron chi connectivity index (χ4n) is 4.29. The number of pyridine rings is 1. The third-order valence-electron chi connectivity index (χ3n) is 5.96. The molecule has 35 heavy (non-hydrogen) atoms. The van der Waals surface area contributed by atoms with Gasteiger partial charge in [0.25, 0.3) is 5.91 Å². The minimum Gasteiger partial charge on any atom is -0.322 e. The van der Waals surface area contributed by atoms with Gasteiger partial charge in [0, 0.05) is 11.3 Å². The number of aromatic nitrogens is 3. The van der Waals surface area contributed by atoms with Gasteiger partial charge >= 0.3 is 0 Å². The summed E-state index contributed by atoms with van der Waals surface area (Å²) < 4.78 is 53.9. The molecule has 180 valence electrons. The van der Waals surface area contributed by atoms with Crippen LogP contribution in [0.4, 0.5) is 14.5 Å². The number of hydrogen-bond acceptors (Lipinski definition) is 5. The van der Waals surface area contributed by atoms with Gasteiger partial charge in [0.1, 0.15) is 11.6 Å². The molecule has 2 aromatic carbocycles. The Kier molecular flexibility index (Phi) is 5.80. The van der Waals surface area contributed by atoms with Crippen molar-refractivity contribution in [2.45, 2.75) is 19.4 Å². The van der Waals surface area contributed by atoms with E-state index in [1.54, 1.807) is 25.1 Å². The van der Waals surface area contributed by atoms with Gasteiger partial charge in [-0.15, -0.1) is 0 Å². The summed E-state index contributed by atoms with van der Waals surface area (Å²) in [6.45, 7) is 1.69. The quantitative estimate of drug-likeness (QED) is 0.414. The van der Waals surface area contributed by atoms with Crippen LogP contribution in [0.3, 0.4) is 0 Å². The molecule has 4 aromatic rings. The predicted molar refractivity (Wildman–Crippen MR) is 129 cm³/mol. The summed E-state index contributed by atoms with van der Waals surface area (Å²) in [6.07, 6.45) is 0.361. The number of benzene rings is 2. The van der Waals surface area contributed by atoms with E-state index in [0.29, 0.717) is 17.5 Å². The fraction of sp³-hybridized carbons (Fsp3) is 0.208. The highest BCUT2D eigenvalue weighted by Gasteiger charge is 2.32. The molecule has 1 fully saturated rings. The summed E-state index contributed by atoms with van der Waals surface area (Å²) >= 11 is 5.84. The molecule has 1 atom stereocenters. The van der Waals surface area contributed by atoms with Crippen molar-refractivity contribution in [3.63, 3.8) is 0 Å². The van der Waals surface area contributed by atoms with E-state index in [2.05, 4.69) is 15.4 Å². The van der Waals surface area contributed by atoms with E-state index in [1.807, 2.05) is 0 Å². The Morgan fingerprint density at radius 2 is 1.91 bits per heavy atom. The van der Waals surface area contributed by atoms with Crippen molar-refractivity contribution in [2.75, 3.05) is 16.8 Å². The number of rotatable bonds is 4. The lowest BCUT2D eigenvalue weighted by Gasteiger charge is -2.13. The van der Waals surface area contributed by atoms with E-state index in [-0.39, 0.29) is 44.7 Å². The monoisotopic (exact) mass is 516 g/mol. The number of aryl methyl sites for hydroxylation is 1. The first-order valence-corrected chi connectivity index (χ1v) is 12.9. The van der Waals surface area contributed by atoms with Crippen molar-refractivity contribution in [1.82, 2.24) is 14.8 Å². The summed E-state index contributed by atoms with van der Waals surface area (Å²) in [5, 5.41) is 7.47. The van der Waals surface area contributed by atoms with Crippen LogP contribution in [-0.4, -0.2) is 40.6 Å². The molecule has 1 aliphatic heterocycles. The lowest BCUT2D eigenvalue weighted by molar-refractivity contribution is 0.102. The zero-order valence-corrected chi connectivity index (χ0v) is 20.0. The van der Waals surface area contributed by atoms with Crippen molar-refractivity contribution in [3.8, 4) is 11.3 Å². The molecule has 5 rings (SSSR count). The number of carbonyl (C=O) groups excluding carboxylic acids is 1. The molecule has 0 saturated carbocycles. The Morgan fingerprint density at radius 3 is 2.60 bits per heavy atom. The van der Waals surface area contributed by atoms with Gasteiger partial charge in [-0.1, -0.05) is 23.7 Å². The highest BCUT2D eigenvalue weighted by atomic mass is 35.5. The first-order chi connectivity index (χ1) is 16.6. The second kappa shape index (κ2) is 8.69. The number of anilines is 1. The van der Waals surface area contributed by atoms with E-state index in [0.717, 1.165) is 6.07 Å². The van der Waals surface area contributed by atoms with Crippen LogP contribution in [0.25, 0.3) is 22.3 Å². The van der Waals surface area contributed by atoms with Gasteiger partial charge in [-0.05, 0) is 49.7 Å². The number of nitrogens with zero attached hydrogens (tertiary/aromatic N) is 3. The maximum atomic E-state index is 14.7. The number of fused-ring (bicyclic) bond motifs is 1. The average molecular weight is 517 g/mol. The molecule has 1 amide bonds. The van der Waals surface area contributed by atoms with Crippen LogP contribution in [0.1, 0.15) is 28.5 Å². The number of sulfone groups is 1. The van der Waals surface area contributed by atoms with Crippen LogP contribution >= 0.6 is 11.6 Å². The largest absolute Gasteiger partial charge is 0.322 e. The van der Waals surface area contributed by atoms with Gasteiger partial charge in [0.2, 0.25) is 0 Å². The molecule has 0 spiro atoms. The van der Waals surface area contributed by atoms with Crippen LogP contribution in [0.2, 0.25) is 5.02 Å². The molecule has 1 unspecified atom stereocenters. The molecule has 1 saturated heterocycles. The lowest BCUT2D eigenvalue weighted by atomic mass is 10.0. The molecule has 1 N–H and O–H groups in total. The Labute approximate surface area is 204 Å². The van der Waals surface area contributed by atoms with Gasteiger partial charge in [0.15, 0.2) is 15.5 Å².